The highest BCUT2D eigenvalue weighted by Gasteiger charge is 2.37. The van der Waals surface area contributed by atoms with Crippen LogP contribution in [0.1, 0.15) is 23.2 Å². The highest BCUT2D eigenvalue weighted by Crippen LogP contribution is 2.31. The molecule has 30 heavy (non-hydrogen) atoms. The lowest BCUT2D eigenvalue weighted by molar-refractivity contribution is -0.0653. The highest BCUT2D eigenvalue weighted by atomic mass is 16.7. The van der Waals surface area contributed by atoms with Crippen molar-refractivity contribution in [1.82, 2.24) is 4.98 Å². The van der Waals surface area contributed by atoms with Gasteiger partial charge in [0.2, 0.25) is 0 Å². The summed E-state index contributed by atoms with van der Waals surface area (Å²) >= 11 is 0. The van der Waals surface area contributed by atoms with Crippen molar-refractivity contribution in [3.8, 4) is 11.5 Å². The fourth-order valence-electron chi connectivity index (χ4n) is 3.22. The molecule has 0 saturated heterocycles. The van der Waals surface area contributed by atoms with Gasteiger partial charge in [0.1, 0.15) is 11.5 Å². The maximum Gasteiger partial charge on any atom is 0.278 e. The van der Waals surface area contributed by atoms with Crippen LogP contribution in [0.4, 0.5) is 0 Å². The van der Waals surface area contributed by atoms with Crippen molar-refractivity contribution < 1.29 is 9.47 Å². The average molecular weight is 400 g/mol. The molecule has 0 amide bonds. The van der Waals surface area contributed by atoms with E-state index in [1.165, 1.54) is 0 Å². The fourth-order valence-corrected chi connectivity index (χ4v) is 3.22. The van der Waals surface area contributed by atoms with E-state index in [0.717, 1.165) is 22.5 Å². The van der Waals surface area contributed by atoms with Gasteiger partial charge < -0.3 is 20.9 Å². The zero-order chi connectivity index (χ0) is 20.8. The minimum absolute atomic E-state index is 0.401. The van der Waals surface area contributed by atoms with Crippen LogP contribution >= 0.6 is 0 Å². The molecule has 2 heterocycles. The maximum atomic E-state index is 6.37. The molecule has 4 N–H and O–H groups in total. The van der Waals surface area contributed by atoms with E-state index in [2.05, 4.69) is 9.98 Å². The number of nitrogens with zero attached hydrogens (tertiary/aromatic N) is 2. The Hall–Kier alpha value is -3.48. The summed E-state index contributed by atoms with van der Waals surface area (Å²) in [5.74, 6) is 0.290. The summed E-state index contributed by atoms with van der Waals surface area (Å²) in [6.45, 7) is 0.956. The molecule has 0 bridgehead atoms. The van der Waals surface area contributed by atoms with Gasteiger partial charge in [0.05, 0.1) is 17.8 Å². The number of ether oxygens (including phenoxy) is 2. The molecule has 0 unspecified atom stereocenters. The van der Waals surface area contributed by atoms with Crippen LogP contribution in [0.2, 0.25) is 0 Å². The van der Waals surface area contributed by atoms with Crippen LogP contribution in [0, 0.1) is 0 Å². The summed E-state index contributed by atoms with van der Waals surface area (Å²) in [7, 11) is 0. The second kappa shape index (κ2) is 8.90. The molecule has 3 aromatic rings. The Morgan fingerprint density at radius 1 is 0.800 bits per heavy atom. The average Bonchev–Trinajstić information content (AvgIpc) is 2.81. The van der Waals surface area contributed by atoms with Gasteiger partial charge in [0, 0.05) is 31.6 Å². The minimum Gasteiger partial charge on any atom is -0.448 e. The van der Waals surface area contributed by atoms with E-state index in [0.29, 0.717) is 31.0 Å². The number of aliphatic imine (C=N–C) groups is 1. The van der Waals surface area contributed by atoms with Gasteiger partial charge in [-0.05, 0) is 47.5 Å². The topological polar surface area (TPSA) is 95.8 Å². The van der Waals surface area contributed by atoms with E-state index in [-0.39, 0.29) is 0 Å². The van der Waals surface area contributed by atoms with E-state index < -0.39 is 5.79 Å². The van der Waals surface area contributed by atoms with Crippen molar-refractivity contribution in [2.45, 2.75) is 25.3 Å². The third-order valence-corrected chi connectivity index (χ3v) is 4.83. The molecular formula is C24H24N4O2. The second-order valence-corrected chi connectivity index (χ2v) is 7.00. The van der Waals surface area contributed by atoms with E-state index in [1.54, 1.807) is 12.4 Å². The monoisotopic (exact) mass is 400 g/mol. The molecule has 0 saturated carbocycles. The Labute approximate surface area is 175 Å². The summed E-state index contributed by atoms with van der Waals surface area (Å²) in [4.78, 5) is 8.94. The van der Waals surface area contributed by atoms with Gasteiger partial charge in [-0.15, -0.1) is 0 Å². The summed E-state index contributed by atoms with van der Waals surface area (Å²) in [5, 5.41) is 0. The molecule has 6 heteroatoms. The lowest BCUT2D eigenvalue weighted by Crippen LogP contribution is -2.44. The number of aromatic nitrogens is 1. The van der Waals surface area contributed by atoms with Crippen molar-refractivity contribution in [3.05, 3.63) is 102 Å². The third-order valence-electron chi connectivity index (χ3n) is 4.83. The quantitative estimate of drug-likeness (QED) is 0.591. The number of rotatable bonds is 7. The van der Waals surface area contributed by atoms with E-state index in [9.17, 15) is 0 Å². The first-order chi connectivity index (χ1) is 14.7. The van der Waals surface area contributed by atoms with Crippen LogP contribution in [0.25, 0.3) is 0 Å². The smallest absolute Gasteiger partial charge is 0.278 e. The van der Waals surface area contributed by atoms with Crippen LogP contribution in [0.5, 0.6) is 11.5 Å². The first-order valence-corrected chi connectivity index (χ1v) is 9.81. The lowest BCUT2D eigenvalue weighted by Gasteiger charge is -2.34. The van der Waals surface area contributed by atoms with Crippen LogP contribution < -0.4 is 20.9 Å². The zero-order valence-corrected chi connectivity index (χ0v) is 16.6. The van der Waals surface area contributed by atoms with E-state index >= 15 is 0 Å². The predicted molar refractivity (Wildman–Crippen MR) is 117 cm³/mol. The van der Waals surface area contributed by atoms with Gasteiger partial charge in [0.25, 0.3) is 5.79 Å². The zero-order valence-electron chi connectivity index (χ0n) is 16.6. The van der Waals surface area contributed by atoms with Gasteiger partial charge in [0.15, 0.2) is 0 Å². The van der Waals surface area contributed by atoms with Gasteiger partial charge in [-0.25, -0.2) is 0 Å². The second-order valence-electron chi connectivity index (χ2n) is 7.00. The molecular weight excluding hydrogens is 376 g/mol. The maximum absolute atomic E-state index is 6.37. The first kappa shape index (κ1) is 19.8. The predicted octanol–water partition coefficient (Wildman–Crippen LogP) is 3.56. The summed E-state index contributed by atoms with van der Waals surface area (Å²) in [6.07, 6.45) is 5.68. The number of hydrogen-bond acceptors (Lipinski definition) is 6. The molecule has 0 atom stereocenters. The molecule has 1 aliphatic rings. The van der Waals surface area contributed by atoms with Crippen LogP contribution in [0.15, 0.2) is 90.2 Å². The Morgan fingerprint density at radius 3 is 1.90 bits per heavy atom. The van der Waals surface area contributed by atoms with E-state index in [4.69, 9.17) is 20.9 Å². The van der Waals surface area contributed by atoms with Crippen LogP contribution in [-0.4, -0.2) is 16.5 Å². The molecule has 152 valence electrons. The van der Waals surface area contributed by atoms with Gasteiger partial charge >= 0.3 is 0 Å². The fraction of sp³-hybridized carbons (Fsp3) is 0.167. The normalized spacial score (nSPS) is 14.8. The largest absolute Gasteiger partial charge is 0.448 e. The van der Waals surface area contributed by atoms with Gasteiger partial charge in [-0.2, -0.15) is 0 Å². The third kappa shape index (κ3) is 4.56. The van der Waals surface area contributed by atoms with Crippen molar-refractivity contribution in [3.63, 3.8) is 0 Å². The Balaban J connectivity index is 1.65. The molecule has 0 aliphatic carbocycles. The Bertz CT molecular complexity index is 980. The van der Waals surface area contributed by atoms with Gasteiger partial charge in [-0.1, -0.05) is 30.3 Å². The molecule has 0 spiro atoms. The molecule has 1 aliphatic heterocycles. The van der Waals surface area contributed by atoms with Crippen molar-refractivity contribution in [2.24, 2.45) is 16.5 Å². The molecule has 1 aromatic heterocycles. The van der Waals surface area contributed by atoms with Crippen molar-refractivity contribution in [2.75, 3.05) is 0 Å². The molecule has 2 aromatic carbocycles. The number of benzene rings is 2. The van der Waals surface area contributed by atoms with E-state index in [1.807, 2.05) is 72.8 Å². The van der Waals surface area contributed by atoms with Crippen LogP contribution in [0.3, 0.4) is 0 Å². The summed E-state index contributed by atoms with van der Waals surface area (Å²) in [6, 6.07) is 21.1. The molecule has 4 rings (SSSR count). The number of pyridine rings is 1. The molecule has 0 fully saturated rings. The first-order valence-electron chi connectivity index (χ1n) is 9.81. The molecule has 6 nitrogen and oxygen atoms in total. The lowest BCUT2D eigenvalue weighted by atomic mass is 10.0. The summed E-state index contributed by atoms with van der Waals surface area (Å²) < 4.78 is 12.7. The summed E-state index contributed by atoms with van der Waals surface area (Å²) in [5.41, 5.74) is 15.1. The van der Waals surface area contributed by atoms with Crippen LogP contribution in [-0.2, 0) is 13.1 Å². The highest BCUT2D eigenvalue weighted by molar-refractivity contribution is 6.00. The van der Waals surface area contributed by atoms with Gasteiger partial charge in [-0.3, -0.25) is 9.98 Å². The standard InChI is InChI=1S/C24H24N4O2/c25-16-18-4-8-20(9-5-18)29-24(30-21-10-6-19(17-26)7-11-21)12-14-28-23(15-24)22-3-1-2-13-27-22/h1-14H,15-17,25-26H2. The van der Waals surface area contributed by atoms with Crippen molar-refractivity contribution >= 4 is 5.71 Å². The molecule has 0 radical (unpaired) electrons. The Morgan fingerprint density at radius 2 is 1.40 bits per heavy atom. The Kier molecular flexibility index (Phi) is 5.88. The number of nitrogens with two attached hydrogens (primary N) is 2. The van der Waals surface area contributed by atoms with Crippen molar-refractivity contribution in [1.29, 1.82) is 0 Å². The number of hydrogen-bond donors (Lipinski definition) is 2. The SMILES string of the molecule is NCc1ccc(OC2(Oc3ccc(CN)cc3)C=CN=C(c3ccccn3)C2)cc1. The minimum atomic E-state index is -1.07.